The van der Waals surface area contributed by atoms with Crippen LogP contribution in [0.4, 0.5) is 0 Å². The lowest BCUT2D eigenvalue weighted by Crippen LogP contribution is -2.32. The van der Waals surface area contributed by atoms with Crippen LogP contribution in [0.5, 0.6) is 0 Å². The molecule has 2 fully saturated rings. The van der Waals surface area contributed by atoms with Crippen LogP contribution in [0.2, 0.25) is 0 Å². The molecular weight excluding hydrogens is 238 g/mol. The predicted molar refractivity (Wildman–Crippen MR) is 69.7 cm³/mol. The van der Waals surface area contributed by atoms with Crippen LogP contribution in [0, 0.1) is 23.7 Å². The zero-order chi connectivity index (χ0) is 13.0. The van der Waals surface area contributed by atoms with Gasteiger partial charge in [0.1, 0.15) is 0 Å². The third kappa shape index (κ3) is 1.44. The fourth-order valence-electron chi connectivity index (χ4n) is 3.89. The van der Waals surface area contributed by atoms with Gasteiger partial charge < -0.3 is 0 Å². The van der Waals surface area contributed by atoms with Crippen molar-refractivity contribution in [1.82, 2.24) is 4.90 Å². The second-order valence-corrected chi connectivity index (χ2v) is 5.75. The molecule has 1 saturated carbocycles. The molecule has 2 aliphatic carbocycles. The van der Waals surface area contributed by atoms with Gasteiger partial charge in [0.25, 0.3) is 0 Å². The molecule has 96 valence electrons. The van der Waals surface area contributed by atoms with Gasteiger partial charge >= 0.3 is 0 Å². The van der Waals surface area contributed by atoms with Crippen molar-refractivity contribution in [2.45, 2.75) is 13.0 Å². The number of benzene rings is 1. The summed E-state index contributed by atoms with van der Waals surface area (Å²) < 4.78 is 0. The molecule has 3 nitrogen and oxygen atoms in total. The van der Waals surface area contributed by atoms with E-state index in [1.165, 1.54) is 4.90 Å². The van der Waals surface area contributed by atoms with Crippen molar-refractivity contribution in [2.75, 3.05) is 0 Å². The number of likely N-dealkylation sites (tertiary alicyclic amines) is 1. The van der Waals surface area contributed by atoms with Crippen molar-refractivity contribution in [3.8, 4) is 0 Å². The van der Waals surface area contributed by atoms with Crippen molar-refractivity contribution in [2.24, 2.45) is 23.7 Å². The van der Waals surface area contributed by atoms with E-state index in [1.54, 1.807) is 0 Å². The van der Waals surface area contributed by atoms with E-state index in [0.717, 1.165) is 12.0 Å². The summed E-state index contributed by atoms with van der Waals surface area (Å²) in [6.45, 7) is 0.422. The highest BCUT2D eigenvalue weighted by Gasteiger charge is 2.58. The second-order valence-electron chi connectivity index (χ2n) is 5.75. The number of fused-ring (bicyclic) bond motifs is 5. The maximum atomic E-state index is 12.5. The van der Waals surface area contributed by atoms with Crippen molar-refractivity contribution in [3.63, 3.8) is 0 Å². The summed E-state index contributed by atoms with van der Waals surface area (Å²) in [4.78, 5) is 26.4. The van der Waals surface area contributed by atoms with Gasteiger partial charge in [0, 0.05) is 0 Å². The van der Waals surface area contributed by atoms with Gasteiger partial charge in [-0.05, 0) is 23.8 Å². The smallest absolute Gasteiger partial charge is 0.234 e. The van der Waals surface area contributed by atoms with Crippen LogP contribution in [0.3, 0.4) is 0 Å². The number of amides is 2. The zero-order valence-corrected chi connectivity index (χ0v) is 10.5. The molecule has 3 heteroatoms. The molecule has 1 aromatic rings. The fraction of sp³-hybridized carbons (Fsp3) is 0.375. The summed E-state index contributed by atoms with van der Waals surface area (Å²) in [5, 5.41) is 0. The van der Waals surface area contributed by atoms with Crippen molar-refractivity contribution in [3.05, 3.63) is 48.0 Å². The zero-order valence-electron chi connectivity index (χ0n) is 10.5. The van der Waals surface area contributed by atoms with E-state index < -0.39 is 0 Å². The van der Waals surface area contributed by atoms with E-state index in [9.17, 15) is 9.59 Å². The Morgan fingerprint density at radius 2 is 1.53 bits per heavy atom. The van der Waals surface area contributed by atoms with Crippen molar-refractivity contribution >= 4 is 11.8 Å². The van der Waals surface area contributed by atoms with E-state index in [0.29, 0.717) is 18.4 Å². The Hall–Kier alpha value is -1.90. The summed E-state index contributed by atoms with van der Waals surface area (Å²) in [6, 6.07) is 9.73. The lowest BCUT2D eigenvalue weighted by atomic mass is 9.85. The lowest BCUT2D eigenvalue weighted by molar-refractivity contribution is -0.141. The van der Waals surface area contributed by atoms with Gasteiger partial charge in [-0.2, -0.15) is 0 Å². The third-order valence-electron chi connectivity index (χ3n) is 4.75. The lowest BCUT2D eigenvalue weighted by Gasteiger charge is -2.17. The molecule has 3 aliphatic rings. The van der Waals surface area contributed by atoms with Crippen molar-refractivity contribution in [1.29, 1.82) is 0 Å². The molecule has 4 rings (SSSR count). The summed E-state index contributed by atoms with van der Waals surface area (Å²) >= 11 is 0. The largest absolute Gasteiger partial charge is 0.278 e. The third-order valence-corrected chi connectivity index (χ3v) is 4.75. The molecule has 0 radical (unpaired) electrons. The number of nitrogens with zero attached hydrogens (tertiary/aromatic N) is 1. The summed E-state index contributed by atoms with van der Waals surface area (Å²) in [5.74, 6) is 0.517. The highest BCUT2D eigenvalue weighted by molar-refractivity contribution is 6.06. The Morgan fingerprint density at radius 1 is 0.947 bits per heavy atom. The maximum absolute atomic E-state index is 12.5. The quantitative estimate of drug-likeness (QED) is 0.597. The molecule has 1 aliphatic heterocycles. The first kappa shape index (κ1) is 11.0. The van der Waals surface area contributed by atoms with Crippen LogP contribution in [0.25, 0.3) is 0 Å². The fourth-order valence-corrected chi connectivity index (χ4v) is 3.89. The van der Waals surface area contributed by atoms with Gasteiger partial charge in [0.05, 0.1) is 18.4 Å². The first-order chi connectivity index (χ1) is 9.25. The van der Waals surface area contributed by atoms with Crippen LogP contribution < -0.4 is 0 Å². The maximum Gasteiger partial charge on any atom is 0.234 e. The minimum atomic E-state index is -0.0776. The Morgan fingerprint density at radius 3 is 2.11 bits per heavy atom. The number of hydrogen-bond donors (Lipinski definition) is 0. The molecule has 0 aromatic heterocycles. The second kappa shape index (κ2) is 3.80. The molecule has 0 unspecified atom stereocenters. The number of imide groups is 1. The van der Waals surface area contributed by atoms with Crippen molar-refractivity contribution < 1.29 is 9.59 Å². The molecular formula is C16H15NO2. The van der Waals surface area contributed by atoms with Crippen LogP contribution in [0.15, 0.2) is 42.5 Å². The van der Waals surface area contributed by atoms with E-state index in [4.69, 9.17) is 0 Å². The number of hydrogen-bond acceptors (Lipinski definition) is 2. The van der Waals surface area contributed by atoms with Gasteiger partial charge in [-0.3, -0.25) is 14.5 Å². The van der Waals surface area contributed by atoms with E-state index in [-0.39, 0.29) is 23.7 Å². The van der Waals surface area contributed by atoms with E-state index in [2.05, 4.69) is 12.2 Å². The standard InChI is InChI=1S/C16H15NO2/c18-15-13-11-6-7-12(8-11)14(13)16(19)17(15)9-10-4-2-1-3-5-10/h1-7,11-14H,8-9H2/t11-,12-,13+,14+/m1/s1. The number of rotatable bonds is 2. The molecule has 0 N–H and O–H groups in total. The van der Waals surface area contributed by atoms with E-state index in [1.807, 2.05) is 30.3 Å². The van der Waals surface area contributed by atoms with Crippen LogP contribution in [-0.4, -0.2) is 16.7 Å². The van der Waals surface area contributed by atoms with Crippen LogP contribution >= 0.6 is 0 Å². The van der Waals surface area contributed by atoms with Gasteiger partial charge in [0.15, 0.2) is 0 Å². The summed E-state index contributed by atoms with van der Waals surface area (Å²) in [5.41, 5.74) is 1.02. The number of carbonyl (C=O) groups excluding carboxylic acids is 2. The molecule has 2 bridgehead atoms. The summed E-state index contributed by atoms with van der Waals surface area (Å²) in [6.07, 6.45) is 5.25. The van der Waals surface area contributed by atoms with Crippen LogP contribution in [-0.2, 0) is 16.1 Å². The minimum absolute atomic E-state index is 0.0377. The molecule has 4 atom stereocenters. The highest BCUT2D eigenvalue weighted by atomic mass is 16.2. The first-order valence-electron chi connectivity index (χ1n) is 6.83. The Balaban J connectivity index is 1.62. The van der Waals surface area contributed by atoms with Gasteiger partial charge in [-0.25, -0.2) is 0 Å². The predicted octanol–water partition coefficient (Wildman–Crippen LogP) is 1.99. The normalized spacial score (nSPS) is 35.3. The molecule has 1 aromatic carbocycles. The average molecular weight is 253 g/mol. The van der Waals surface area contributed by atoms with Gasteiger partial charge in [0.2, 0.25) is 11.8 Å². The van der Waals surface area contributed by atoms with Gasteiger partial charge in [-0.1, -0.05) is 42.5 Å². The molecule has 19 heavy (non-hydrogen) atoms. The van der Waals surface area contributed by atoms with Crippen LogP contribution in [0.1, 0.15) is 12.0 Å². The molecule has 2 amide bonds. The average Bonchev–Trinajstić information content (AvgIpc) is 3.10. The number of carbonyl (C=O) groups is 2. The molecule has 1 heterocycles. The summed E-state index contributed by atoms with van der Waals surface area (Å²) in [7, 11) is 0. The highest BCUT2D eigenvalue weighted by Crippen LogP contribution is 2.52. The minimum Gasteiger partial charge on any atom is -0.278 e. The first-order valence-corrected chi connectivity index (χ1v) is 6.83. The molecule has 1 saturated heterocycles. The topological polar surface area (TPSA) is 37.4 Å². The van der Waals surface area contributed by atoms with E-state index >= 15 is 0 Å². The molecule has 0 spiro atoms. The monoisotopic (exact) mass is 253 g/mol. The number of allylic oxidation sites excluding steroid dienone is 2. The Kier molecular flexibility index (Phi) is 2.19. The SMILES string of the molecule is O=C1[C@@H]2[C@@H](C(=O)N1Cc1ccccc1)[C@@H]1C=C[C@@H]2C1. The Labute approximate surface area is 111 Å². The Bertz CT molecular complexity index is 548. The van der Waals surface area contributed by atoms with Gasteiger partial charge in [-0.15, -0.1) is 0 Å².